The molecule has 2 rings (SSSR count). The molecule has 0 saturated carbocycles. The van der Waals surface area contributed by atoms with Crippen molar-refractivity contribution in [1.82, 2.24) is 0 Å². The fraction of sp³-hybridized carbons (Fsp3) is 0.190. The van der Waals surface area contributed by atoms with Gasteiger partial charge in [0.25, 0.3) is 10.0 Å². The Morgan fingerprint density at radius 3 is 2.25 bits per heavy atom. The van der Waals surface area contributed by atoms with Gasteiger partial charge in [-0.2, -0.15) is 0 Å². The van der Waals surface area contributed by atoms with Crippen LogP contribution in [0.15, 0.2) is 71.2 Å². The smallest absolute Gasteiger partial charge is 0.330 e. The largest absolute Gasteiger partial charge is 0.497 e. The highest BCUT2D eigenvalue weighted by Gasteiger charge is 2.14. The molecule has 0 amide bonds. The number of anilines is 1. The van der Waals surface area contributed by atoms with Crippen molar-refractivity contribution in [2.75, 3.05) is 18.4 Å². The summed E-state index contributed by atoms with van der Waals surface area (Å²) in [6.07, 6.45) is 4.91. The van der Waals surface area contributed by atoms with Crippen LogP contribution in [0.1, 0.15) is 19.4 Å². The Hall–Kier alpha value is -3.06. The summed E-state index contributed by atoms with van der Waals surface area (Å²) in [5, 5.41) is 0. The summed E-state index contributed by atoms with van der Waals surface area (Å²) in [7, 11) is -2.16. The van der Waals surface area contributed by atoms with Crippen molar-refractivity contribution in [1.29, 1.82) is 0 Å². The summed E-state index contributed by atoms with van der Waals surface area (Å²) in [6, 6.07) is 13.1. The summed E-state index contributed by atoms with van der Waals surface area (Å²) >= 11 is 0. The Kier molecular flexibility index (Phi) is 7.40. The molecule has 0 saturated heterocycles. The van der Waals surface area contributed by atoms with E-state index in [1.165, 1.54) is 25.3 Å². The maximum absolute atomic E-state index is 12.4. The van der Waals surface area contributed by atoms with Gasteiger partial charge in [-0.3, -0.25) is 4.72 Å². The van der Waals surface area contributed by atoms with Gasteiger partial charge in [-0.1, -0.05) is 29.9 Å². The Bertz CT molecular complexity index is 959. The van der Waals surface area contributed by atoms with E-state index in [1.807, 2.05) is 13.0 Å². The molecule has 1 N–H and O–H groups in total. The van der Waals surface area contributed by atoms with Crippen molar-refractivity contribution in [3.05, 3.63) is 71.8 Å². The number of carbonyl (C=O) groups excluding carboxylic acids is 1. The standard InChI is InChI=1S/C21H23NO5S/c1-4-27-21(23)14-5-16(2)15-17-6-8-18(9-7-17)22-28(24,25)20-12-10-19(26-3)11-13-20/h5-15,22H,4H2,1-3H3/b14-5+,16-15+. The number of carbonyl (C=O) groups is 1. The molecule has 0 spiro atoms. The number of sulfonamides is 1. The van der Waals surface area contributed by atoms with Crippen molar-refractivity contribution in [3.8, 4) is 5.75 Å². The van der Waals surface area contributed by atoms with Crippen LogP contribution in [0.3, 0.4) is 0 Å². The lowest BCUT2D eigenvalue weighted by Crippen LogP contribution is -2.12. The molecule has 0 aliphatic rings. The zero-order chi connectivity index (χ0) is 20.6. The number of rotatable bonds is 8. The third-order valence-corrected chi connectivity index (χ3v) is 5.09. The number of allylic oxidation sites excluding steroid dienone is 2. The molecule has 6 nitrogen and oxygen atoms in total. The lowest BCUT2D eigenvalue weighted by molar-refractivity contribution is -0.137. The molecule has 148 valence electrons. The van der Waals surface area contributed by atoms with E-state index < -0.39 is 16.0 Å². The number of esters is 1. The minimum atomic E-state index is -3.68. The Morgan fingerprint density at radius 2 is 1.68 bits per heavy atom. The highest BCUT2D eigenvalue weighted by Crippen LogP contribution is 2.20. The molecule has 7 heteroatoms. The highest BCUT2D eigenvalue weighted by atomic mass is 32.2. The van der Waals surface area contributed by atoms with Crippen LogP contribution >= 0.6 is 0 Å². The first-order valence-electron chi connectivity index (χ1n) is 8.64. The van der Waals surface area contributed by atoms with Gasteiger partial charge in [0.2, 0.25) is 0 Å². The SMILES string of the molecule is CCOC(=O)/C=C/C(C)=C/c1ccc(NS(=O)(=O)c2ccc(OC)cc2)cc1. The number of hydrogen-bond acceptors (Lipinski definition) is 5. The number of ether oxygens (including phenoxy) is 2. The van der Waals surface area contributed by atoms with E-state index in [-0.39, 0.29) is 4.90 Å². The Morgan fingerprint density at radius 1 is 1.04 bits per heavy atom. The molecule has 0 radical (unpaired) electrons. The zero-order valence-corrected chi connectivity index (χ0v) is 16.8. The molecular formula is C21H23NO5S. The van der Waals surface area contributed by atoms with Crippen molar-refractivity contribution < 1.29 is 22.7 Å². The minimum absolute atomic E-state index is 0.150. The minimum Gasteiger partial charge on any atom is -0.497 e. The first-order valence-corrected chi connectivity index (χ1v) is 10.1. The molecule has 0 aromatic heterocycles. The number of nitrogens with one attached hydrogen (secondary N) is 1. The maximum atomic E-state index is 12.4. The van der Waals surface area contributed by atoms with Gasteiger partial charge in [-0.25, -0.2) is 13.2 Å². The first-order chi connectivity index (χ1) is 13.3. The van der Waals surface area contributed by atoms with Crippen LogP contribution in [0.2, 0.25) is 0 Å². The normalized spacial score (nSPS) is 12.0. The zero-order valence-electron chi connectivity index (χ0n) is 16.0. The van der Waals surface area contributed by atoms with Gasteiger partial charge >= 0.3 is 5.97 Å². The van der Waals surface area contributed by atoms with Gasteiger partial charge < -0.3 is 9.47 Å². The highest BCUT2D eigenvalue weighted by molar-refractivity contribution is 7.92. The lowest BCUT2D eigenvalue weighted by atomic mass is 10.1. The molecule has 0 fully saturated rings. The third kappa shape index (κ3) is 6.28. The summed E-state index contributed by atoms with van der Waals surface area (Å²) in [5.41, 5.74) is 2.19. The van der Waals surface area contributed by atoms with Crippen molar-refractivity contribution in [2.45, 2.75) is 18.7 Å². The molecule has 28 heavy (non-hydrogen) atoms. The molecule has 0 unspecified atom stereocenters. The molecule has 0 aliphatic carbocycles. The number of benzene rings is 2. The topological polar surface area (TPSA) is 81.7 Å². The first kappa shape index (κ1) is 21.2. The molecule has 0 heterocycles. The van der Waals surface area contributed by atoms with Crippen molar-refractivity contribution in [2.24, 2.45) is 0 Å². The van der Waals surface area contributed by atoms with Crippen LogP contribution in [-0.4, -0.2) is 28.1 Å². The van der Waals surface area contributed by atoms with Crippen LogP contribution < -0.4 is 9.46 Å². The second-order valence-corrected chi connectivity index (χ2v) is 7.56. The molecule has 0 bridgehead atoms. The van der Waals surface area contributed by atoms with Gasteiger partial charge in [0, 0.05) is 11.8 Å². The average molecular weight is 401 g/mol. The second kappa shape index (κ2) is 9.75. The molecule has 0 atom stereocenters. The quantitative estimate of drug-likeness (QED) is 0.410. The van der Waals surface area contributed by atoms with Crippen LogP contribution in [-0.2, 0) is 19.6 Å². The lowest BCUT2D eigenvalue weighted by Gasteiger charge is -2.09. The predicted octanol–water partition coefficient (Wildman–Crippen LogP) is 4.02. The Labute approximate surface area is 165 Å². The number of methoxy groups -OCH3 is 1. The monoisotopic (exact) mass is 401 g/mol. The summed E-state index contributed by atoms with van der Waals surface area (Å²) in [5.74, 6) is 0.195. The summed E-state index contributed by atoms with van der Waals surface area (Å²) in [6.45, 7) is 3.94. The fourth-order valence-corrected chi connectivity index (χ4v) is 3.38. The van der Waals surface area contributed by atoms with Crippen LogP contribution in [0.5, 0.6) is 5.75 Å². The predicted molar refractivity (Wildman–Crippen MR) is 110 cm³/mol. The van der Waals surface area contributed by atoms with E-state index in [1.54, 1.807) is 49.4 Å². The van der Waals surface area contributed by atoms with E-state index >= 15 is 0 Å². The van der Waals surface area contributed by atoms with Crippen molar-refractivity contribution >= 4 is 27.8 Å². The average Bonchev–Trinajstić information content (AvgIpc) is 2.68. The van der Waals surface area contributed by atoms with Gasteiger partial charge in [0.05, 0.1) is 18.6 Å². The van der Waals surface area contributed by atoms with Gasteiger partial charge in [-0.15, -0.1) is 0 Å². The Balaban J connectivity index is 2.07. The number of hydrogen-bond donors (Lipinski definition) is 1. The molecule has 2 aromatic carbocycles. The molecule has 2 aromatic rings. The van der Waals surface area contributed by atoms with Crippen molar-refractivity contribution in [3.63, 3.8) is 0 Å². The van der Waals surface area contributed by atoms with E-state index in [9.17, 15) is 13.2 Å². The third-order valence-electron chi connectivity index (χ3n) is 3.70. The summed E-state index contributed by atoms with van der Waals surface area (Å²) in [4.78, 5) is 11.5. The second-order valence-electron chi connectivity index (χ2n) is 5.88. The maximum Gasteiger partial charge on any atom is 0.330 e. The molecular weight excluding hydrogens is 378 g/mol. The van der Waals surface area contributed by atoms with Gasteiger partial charge in [0.15, 0.2) is 0 Å². The van der Waals surface area contributed by atoms with Gasteiger partial charge in [0.1, 0.15) is 5.75 Å². The van der Waals surface area contributed by atoms with E-state index in [0.717, 1.165) is 11.1 Å². The van der Waals surface area contributed by atoms with E-state index in [2.05, 4.69) is 4.72 Å². The van der Waals surface area contributed by atoms with Crippen LogP contribution in [0.4, 0.5) is 5.69 Å². The van der Waals surface area contributed by atoms with Gasteiger partial charge in [-0.05, 0) is 55.8 Å². The fourth-order valence-electron chi connectivity index (χ4n) is 2.32. The van der Waals surface area contributed by atoms with Crippen LogP contribution in [0, 0.1) is 0 Å². The summed E-state index contributed by atoms with van der Waals surface area (Å²) < 4.78 is 37.3. The van der Waals surface area contributed by atoms with E-state index in [0.29, 0.717) is 18.0 Å². The van der Waals surface area contributed by atoms with E-state index in [4.69, 9.17) is 9.47 Å². The molecule has 0 aliphatic heterocycles. The van der Waals surface area contributed by atoms with Crippen LogP contribution in [0.25, 0.3) is 6.08 Å².